The van der Waals surface area contributed by atoms with Crippen LogP contribution in [-0.4, -0.2) is 19.5 Å². The van der Waals surface area contributed by atoms with Gasteiger partial charge in [0.1, 0.15) is 15.6 Å². The topological polar surface area (TPSA) is 101 Å². The molecule has 0 aliphatic heterocycles. The van der Waals surface area contributed by atoms with Gasteiger partial charge in [-0.3, -0.25) is 9.52 Å². The van der Waals surface area contributed by atoms with Gasteiger partial charge in [0.15, 0.2) is 5.76 Å². The lowest BCUT2D eigenvalue weighted by Gasteiger charge is -2.09. The van der Waals surface area contributed by atoms with Crippen molar-refractivity contribution in [3.63, 3.8) is 0 Å². The Morgan fingerprint density at radius 2 is 1.97 bits per heavy atom. The van der Waals surface area contributed by atoms with Crippen LogP contribution in [0.4, 0.5) is 11.4 Å². The summed E-state index contributed by atoms with van der Waals surface area (Å²) in [7, 11) is -3.73. The molecule has 0 radical (unpaired) electrons. The summed E-state index contributed by atoms with van der Waals surface area (Å²) in [5.74, 6) is 0.143. The number of sulfonamides is 1. The molecule has 1 aromatic carbocycles. The van der Waals surface area contributed by atoms with Gasteiger partial charge >= 0.3 is 0 Å². The van der Waals surface area contributed by atoms with E-state index in [1.807, 2.05) is 0 Å². The fraction of sp³-hybridized carbons (Fsp3) is 0.158. The zero-order chi connectivity index (χ0) is 21.2. The predicted octanol–water partition coefficient (Wildman–Crippen LogP) is 4.94. The van der Waals surface area contributed by atoms with Gasteiger partial charge in [0, 0.05) is 16.8 Å². The quantitative estimate of drug-likeness (QED) is 0.553. The van der Waals surface area contributed by atoms with Gasteiger partial charge in [-0.15, -0.1) is 11.3 Å². The summed E-state index contributed by atoms with van der Waals surface area (Å²) in [6.07, 6.45) is 3.33. The van der Waals surface area contributed by atoms with Gasteiger partial charge in [0.2, 0.25) is 5.91 Å². The van der Waals surface area contributed by atoms with Crippen LogP contribution in [0.25, 0.3) is 12.2 Å². The Morgan fingerprint density at radius 3 is 2.66 bits per heavy atom. The van der Waals surface area contributed by atoms with E-state index in [-0.39, 0.29) is 10.1 Å². The highest BCUT2D eigenvalue weighted by Gasteiger charge is 2.18. The summed E-state index contributed by atoms with van der Waals surface area (Å²) in [5.41, 5.74) is 2.23. The van der Waals surface area contributed by atoms with Gasteiger partial charge in [0.05, 0.1) is 5.69 Å². The number of anilines is 2. The van der Waals surface area contributed by atoms with Crippen LogP contribution in [0.3, 0.4) is 0 Å². The molecule has 10 heteroatoms. The third-order valence-corrected chi connectivity index (χ3v) is 7.03. The van der Waals surface area contributed by atoms with Crippen LogP contribution in [0.5, 0.6) is 0 Å². The Balaban J connectivity index is 1.80. The minimum Gasteiger partial charge on any atom is -0.354 e. The second kappa shape index (κ2) is 8.40. The van der Waals surface area contributed by atoms with Crippen molar-refractivity contribution in [1.82, 2.24) is 5.16 Å². The molecule has 0 saturated carbocycles. The number of nitrogens with zero attached hydrogens (tertiary/aromatic N) is 1. The maximum absolute atomic E-state index is 12.7. The fourth-order valence-electron chi connectivity index (χ4n) is 2.49. The number of benzene rings is 1. The predicted molar refractivity (Wildman–Crippen MR) is 116 cm³/mol. The van der Waals surface area contributed by atoms with Gasteiger partial charge in [0.25, 0.3) is 10.0 Å². The number of nitrogens with one attached hydrogen (secondary N) is 2. The molecular weight excluding hydrogens is 434 g/mol. The molecule has 0 fully saturated rings. The Bertz CT molecular complexity index is 1200. The molecule has 0 bridgehead atoms. The Labute approximate surface area is 177 Å². The molecule has 1 amide bonds. The number of rotatable bonds is 6. The van der Waals surface area contributed by atoms with Gasteiger partial charge in [-0.2, -0.15) is 0 Å². The van der Waals surface area contributed by atoms with Crippen molar-refractivity contribution in [3.8, 4) is 0 Å². The van der Waals surface area contributed by atoms with Crippen molar-refractivity contribution < 1.29 is 17.7 Å². The molecule has 29 heavy (non-hydrogen) atoms. The van der Waals surface area contributed by atoms with Crippen molar-refractivity contribution >= 4 is 62.4 Å². The van der Waals surface area contributed by atoms with Crippen molar-refractivity contribution in [1.29, 1.82) is 0 Å². The molecule has 0 unspecified atom stereocenters. The van der Waals surface area contributed by atoms with Crippen molar-refractivity contribution in [2.24, 2.45) is 0 Å². The lowest BCUT2D eigenvalue weighted by molar-refractivity contribution is -0.114. The number of hydrogen-bond donors (Lipinski definition) is 2. The van der Waals surface area contributed by atoms with E-state index in [0.29, 0.717) is 32.7 Å². The first-order valence-corrected chi connectivity index (χ1v) is 11.1. The summed E-state index contributed by atoms with van der Waals surface area (Å²) in [6, 6.07) is 8.15. The lowest BCUT2D eigenvalue weighted by atomic mass is 10.2. The van der Waals surface area contributed by atoms with Gasteiger partial charge in [-0.25, -0.2) is 8.42 Å². The molecule has 0 aliphatic carbocycles. The zero-order valence-electron chi connectivity index (χ0n) is 15.8. The van der Waals surface area contributed by atoms with Crippen LogP contribution in [-0.2, 0) is 14.8 Å². The Hall–Kier alpha value is -2.62. The van der Waals surface area contributed by atoms with Crippen molar-refractivity contribution in [2.75, 3.05) is 10.0 Å². The molecule has 2 N–H and O–H groups in total. The van der Waals surface area contributed by atoms with Crippen LogP contribution >= 0.6 is 22.9 Å². The fourth-order valence-corrected chi connectivity index (χ4v) is 5.08. The van der Waals surface area contributed by atoms with E-state index in [0.717, 1.165) is 16.9 Å². The van der Waals surface area contributed by atoms with Crippen molar-refractivity contribution in [2.45, 2.75) is 25.0 Å². The first-order chi connectivity index (χ1) is 13.7. The van der Waals surface area contributed by atoms with Crippen LogP contribution in [0.2, 0.25) is 5.02 Å². The summed E-state index contributed by atoms with van der Waals surface area (Å²) < 4.78 is 33.3. The van der Waals surface area contributed by atoms with E-state index in [1.165, 1.54) is 13.0 Å². The van der Waals surface area contributed by atoms with Crippen LogP contribution in [0.1, 0.15) is 28.8 Å². The number of carbonyl (C=O) groups excluding carboxylic acids is 1. The summed E-state index contributed by atoms with van der Waals surface area (Å²) >= 11 is 7.02. The number of halogens is 1. The average Bonchev–Trinajstić information content (AvgIpc) is 3.24. The summed E-state index contributed by atoms with van der Waals surface area (Å²) in [4.78, 5) is 12.0. The van der Waals surface area contributed by atoms with E-state index in [1.54, 1.807) is 50.3 Å². The van der Waals surface area contributed by atoms with E-state index in [9.17, 15) is 13.2 Å². The standard InChI is InChI=1S/C19H18ClN3O4S2/c1-11-10-14(20)4-7-16(11)23-29(25,26)18-9-6-15(28-18)5-8-17-19(21-13(3)24)12(2)22-27-17/h4-10,23H,1-3H3,(H,21,24)/b8-5+. The minimum absolute atomic E-state index is 0.169. The minimum atomic E-state index is -3.73. The second-order valence-electron chi connectivity index (χ2n) is 6.24. The normalized spacial score (nSPS) is 11.7. The van der Waals surface area contributed by atoms with Crippen LogP contribution < -0.4 is 10.0 Å². The van der Waals surface area contributed by atoms with Crippen molar-refractivity contribution in [3.05, 3.63) is 57.2 Å². The maximum atomic E-state index is 12.7. The Morgan fingerprint density at radius 1 is 1.21 bits per heavy atom. The third kappa shape index (κ3) is 5.06. The van der Waals surface area contributed by atoms with E-state index >= 15 is 0 Å². The number of hydrogen-bond acceptors (Lipinski definition) is 6. The first kappa shape index (κ1) is 21.1. The molecule has 7 nitrogen and oxygen atoms in total. The van der Waals surface area contributed by atoms with E-state index < -0.39 is 10.0 Å². The maximum Gasteiger partial charge on any atom is 0.271 e. The van der Waals surface area contributed by atoms with Gasteiger partial charge in [-0.05, 0) is 61.9 Å². The monoisotopic (exact) mass is 451 g/mol. The highest BCUT2D eigenvalue weighted by atomic mass is 35.5. The smallest absolute Gasteiger partial charge is 0.271 e. The highest BCUT2D eigenvalue weighted by molar-refractivity contribution is 7.94. The second-order valence-corrected chi connectivity index (χ2v) is 9.70. The number of aromatic nitrogens is 1. The highest BCUT2D eigenvalue weighted by Crippen LogP contribution is 2.29. The summed E-state index contributed by atoms with van der Waals surface area (Å²) in [5, 5.41) is 7.04. The molecule has 3 rings (SSSR count). The van der Waals surface area contributed by atoms with E-state index in [4.69, 9.17) is 16.1 Å². The molecule has 0 aliphatic rings. The van der Waals surface area contributed by atoms with E-state index in [2.05, 4.69) is 15.2 Å². The van der Waals surface area contributed by atoms with Crippen LogP contribution in [0.15, 0.2) is 39.1 Å². The van der Waals surface area contributed by atoms with Gasteiger partial charge in [-0.1, -0.05) is 16.8 Å². The molecule has 2 aromatic heterocycles. The SMILES string of the molecule is CC(=O)Nc1c(C)noc1/C=C/c1ccc(S(=O)(=O)Nc2ccc(Cl)cc2C)s1. The average molecular weight is 452 g/mol. The molecule has 0 saturated heterocycles. The molecule has 0 atom stereocenters. The molecule has 3 aromatic rings. The van der Waals surface area contributed by atoms with Gasteiger partial charge < -0.3 is 9.84 Å². The first-order valence-electron chi connectivity index (χ1n) is 8.46. The summed E-state index contributed by atoms with van der Waals surface area (Å²) in [6.45, 7) is 4.89. The lowest BCUT2D eigenvalue weighted by Crippen LogP contribution is -2.12. The van der Waals surface area contributed by atoms with Crippen LogP contribution in [0, 0.1) is 13.8 Å². The number of aryl methyl sites for hydroxylation is 2. The molecule has 152 valence electrons. The molecule has 0 spiro atoms. The zero-order valence-corrected chi connectivity index (χ0v) is 18.2. The third-order valence-electron chi connectivity index (χ3n) is 3.89. The number of thiophene rings is 1. The molecular formula is C19H18ClN3O4S2. The Kier molecular flexibility index (Phi) is 6.11. The number of carbonyl (C=O) groups is 1. The number of amides is 1. The largest absolute Gasteiger partial charge is 0.354 e. The molecule has 2 heterocycles.